The minimum atomic E-state index is -1.65. The number of carbonyl (C=O) groups excluding carboxylic acids is 2. The van der Waals surface area contributed by atoms with Crippen LogP contribution in [-0.2, 0) is 19.1 Å². The first-order valence-corrected chi connectivity index (χ1v) is 9.54. The first-order chi connectivity index (χ1) is 12.7. The third-order valence-corrected chi connectivity index (χ3v) is 6.65. The minimum absolute atomic E-state index is 0.154. The Morgan fingerprint density at radius 2 is 2.15 bits per heavy atom. The van der Waals surface area contributed by atoms with Crippen molar-refractivity contribution in [2.75, 3.05) is 12.5 Å². The van der Waals surface area contributed by atoms with Crippen LogP contribution in [0.2, 0.25) is 0 Å². The van der Waals surface area contributed by atoms with Gasteiger partial charge in [-0.25, -0.2) is 4.79 Å². The van der Waals surface area contributed by atoms with E-state index in [4.69, 9.17) is 21.1 Å². The van der Waals surface area contributed by atoms with Gasteiger partial charge < -0.3 is 24.8 Å². The van der Waals surface area contributed by atoms with E-state index in [1.807, 2.05) is 0 Å². The maximum Gasteiger partial charge on any atom is 0.334 e. The third-order valence-electron chi connectivity index (χ3n) is 6.23. The fraction of sp³-hybridized carbons (Fsp3) is 0.684. The zero-order valence-corrected chi connectivity index (χ0v) is 15.9. The van der Waals surface area contributed by atoms with Crippen molar-refractivity contribution in [1.29, 1.82) is 0 Å². The Labute approximate surface area is 162 Å². The topological polar surface area (TPSA) is 113 Å². The van der Waals surface area contributed by atoms with E-state index in [2.05, 4.69) is 13.2 Å². The summed E-state index contributed by atoms with van der Waals surface area (Å²) in [4.78, 5) is 24.5. The Morgan fingerprint density at radius 3 is 2.74 bits per heavy atom. The predicted molar refractivity (Wildman–Crippen MR) is 95.7 cm³/mol. The molecule has 2 saturated carbocycles. The first-order valence-electron chi connectivity index (χ1n) is 9.00. The van der Waals surface area contributed by atoms with Crippen LogP contribution in [0.15, 0.2) is 24.3 Å². The molecular formula is C19H25ClO7. The fourth-order valence-electron chi connectivity index (χ4n) is 4.61. The van der Waals surface area contributed by atoms with Gasteiger partial charge in [-0.2, -0.15) is 0 Å². The molecule has 150 valence electrons. The number of carbonyl (C=O) groups is 2. The molecule has 1 saturated heterocycles. The number of esters is 2. The van der Waals surface area contributed by atoms with Crippen molar-refractivity contribution < 1.29 is 34.4 Å². The molecule has 27 heavy (non-hydrogen) atoms. The lowest BCUT2D eigenvalue weighted by Crippen LogP contribution is -2.52. The number of hydrogen-bond acceptors (Lipinski definition) is 7. The van der Waals surface area contributed by atoms with Crippen molar-refractivity contribution in [2.45, 2.75) is 43.7 Å². The molecule has 0 aromatic carbocycles. The molecule has 0 bridgehead atoms. The Bertz CT molecular complexity index is 677. The van der Waals surface area contributed by atoms with Crippen LogP contribution >= 0.6 is 11.6 Å². The predicted octanol–water partition coefficient (Wildman–Crippen LogP) is 0.551. The molecule has 0 amide bonds. The Balaban J connectivity index is 2.00. The smallest absolute Gasteiger partial charge is 0.334 e. The molecule has 0 aromatic heterocycles. The van der Waals surface area contributed by atoms with Crippen molar-refractivity contribution >= 4 is 23.5 Å². The highest BCUT2D eigenvalue weighted by molar-refractivity contribution is 6.18. The molecule has 3 aliphatic rings. The van der Waals surface area contributed by atoms with Gasteiger partial charge in [0.1, 0.15) is 17.8 Å². The molecule has 0 unspecified atom stereocenters. The van der Waals surface area contributed by atoms with Crippen LogP contribution in [0.25, 0.3) is 0 Å². The summed E-state index contributed by atoms with van der Waals surface area (Å²) in [5, 5.41) is 30.6. The van der Waals surface area contributed by atoms with E-state index in [9.17, 15) is 24.9 Å². The van der Waals surface area contributed by atoms with Gasteiger partial charge in [-0.3, -0.25) is 4.79 Å². The van der Waals surface area contributed by atoms with Gasteiger partial charge in [-0.1, -0.05) is 18.7 Å². The van der Waals surface area contributed by atoms with Crippen LogP contribution in [0.3, 0.4) is 0 Å². The van der Waals surface area contributed by atoms with Crippen molar-refractivity contribution in [1.82, 2.24) is 0 Å². The highest BCUT2D eigenvalue weighted by Gasteiger charge is 2.64. The molecule has 8 atom stereocenters. The SMILES string of the molecule is C=C1C(=O)O[C@H]2[C@H]1[C@@H](OC(=O)[C@H](C)CO)CC(=C)[C@@H]1C[C@H](O)[C@](O)(CCl)[C@H]21. The maximum absolute atomic E-state index is 12.2. The van der Waals surface area contributed by atoms with Crippen molar-refractivity contribution in [3.05, 3.63) is 24.3 Å². The number of ether oxygens (including phenoxy) is 2. The van der Waals surface area contributed by atoms with Crippen molar-refractivity contribution in [3.63, 3.8) is 0 Å². The second-order valence-corrected chi connectivity index (χ2v) is 8.12. The highest BCUT2D eigenvalue weighted by Crippen LogP contribution is 2.55. The largest absolute Gasteiger partial charge is 0.461 e. The van der Waals surface area contributed by atoms with Crippen LogP contribution in [0.4, 0.5) is 0 Å². The second kappa shape index (κ2) is 7.20. The average Bonchev–Trinajstić information content (AvgIpc) is 3.03. The van der Waals surface area contributed by atoms with Crippen LogP contribution in [0.5, 0.6) is 0 Å². The molecule has 8 heteroatoms. The third kappa shape index (κ3) is 3.10. The van der Waals surface area contributed by atoms with Gasteiger partial charge in [0.15, 0.2) is 0 Å². The summed E-state index contributed by atoms with van der Waals surface area (Å²) in [7, 11) is 0. The minimum Gasteiger partial charge on any atom is -0.461 e. The van der Waals surface area contributed by atoms with E-state index in [0.717, 1.165) is 0 Å². The summed E-state index contributed by atoms with van der Waals surface area (Å²) in [5.74, 6) is -3.86. The normalized spacial score (nSPS) is 42.2. The van der Waals surface area contributed by atoms with Gasteiger partial charge in [0, 0.05) is 17.9 Å². The van der Waals surface area contributed by atoms with E-state index in [-0.39, 0.29) is 36.8 Å². The van der Waals surface area contributed by atoms with Crippen LogP contribution in [0.1, 0.15) is 19.8 Å². The fourth-order valence-corrected chi connectivity index (χ4v) is 4.96. The van der Waals surface area contributed by atoms with E-state index in [1.165, 1.54) is 6.92 Å². The quantitative estimate of drug-likeness (QED) is 0.273. The number of rotatable bonds is 4. The molecule has 3 fully saturated rings. The molecule has 1 aliphatic heterocycles. The number of hydrogen-bond donors (Lipinski definition) is 3. The molecular weight excluding hydrogens is 376 g/mol. The lowest BCUT2D eigenvalue weighted by molar-refractivity contribution is -0.161. The molecule has 3 N–H and O–H groups in total. The van der Waals surface area contributed by atoms with Crippen LogP contribution < -0.4 is 0 Å². The molecule has 0 radical (unpaired) electrons. The van der Waals surface area contributed by atoms with Gasteiger partial charge in [0.2, 0.25) is 0 Å². The number of aliphatic hydroxyl groups is 3. The monoisotopic (exact) mass is 400 g/mol. The van der Waals surface area contributed by atoms with Crippen LogP contribution in [0, 0.1) is 23.7 Å². The highest BCUT2D eigenvalue weighted by atomic mass is 35.5. The lowest BCUT2D eigenvalue weighted by Gasteiger charge is -2.37. The van der Waals surface area contributed by atoms with Gasteiger partial charge in [0.25, 0.3) is 0 Å². The summed E-state index contributed by atoms with van der Waals surface area (Å²) in [5.41, 5.74) is -0.811. The Hall–Kier alpha value is -1.41. The number of aliphatic hydroxyl groups excluding tert-OH is 2. The van der Waals surface area contributed by atoms with E-state index in [1.54, 1.807) is 0 Å². The van der Waals surface area contributed by atoms with Crippen LogP contribution in [-0.4, -0.2) is 63.7 Å². The van der Waals surface area contributed by atoms with Gasteiger partial charge in [-0.05, 0) is 19.3 Å². The van der Waals surface area contributed by atoms with E-state index in [0.29, 0.717) is 5.57 Å². The van der Waals surface area contributed by atoms with Gasteiger partial charge in [-0.15, -0.1) is 11.6 Å². The molecule has 7 nitrogen and oxygen atoms in total. The standard InChI is InChI=1S/C19H25ClO7/c1-8-4-12(26-17(23)9(2)6-21)14-10(3)18(24)27-16(14)15-11(8)5-13(22)19(15,25)7-20/h9,11-16,21-22,25H,1,3-7H2,2H3/t9-,11+,12+,13+,14-,15+,16+,19-/m1/s1. The average molecular weight is 401 g/mol. The number of alkyl halides is 1. The first kappa shape index (κ1) is 20.3. The zero-order chi connectivity index (χ0) is 20.1. The van der Waals surface area contributed by atoms with E-state index < -0.39 is 53.6 Å². The van der Waals surface area contributed by atoms with Gasteiger partial charge >= 0.3 is 11.9 Å². The molecule has 2 aliphatic carbocycles. The summed E-state index contributed by atoms with van der Waals surface area (Å²) < 4.78 is 11.1. The summed E-state index contributed by atoms with van der Waals surface area (Å²) in [6, 6.07) is 0. The zero-order valence-electron chi connectivity index (χ0n) is 15.1. The maximum atomic E-state index is 12.2. The Kier molecular flexibility index (Phi) is 5.42. The van der Waals surface area contributed by atoms with E-state index >= 15 is 0 Å². The summed E-state index contributed by atoms with van der Waals surface area (Å²) >= 11 is 5.99. The van der Waals surface area contributed by atoms with Crippen molar-refractivity contribution in [3.8, 4) is 0 Å². The molecule has 1 heterocycles. The molecule has 0 aromatic rings. The summed E-state index contributed by atoms with van der Waals surface area (Å²) in [6.45, 7) is 9.04. The van der Waals surface area contributed by atoms with Gasteiger partial charge in [0.05, 0.1) is 30.4 Å². The number of fused-ring (bicyclic) bond motifs is 3. The number of halogens is 1. The Morgan fingerprint density at radius 1 is 1.48 bits per heavy atom. The lowest BCUT2D eigenvalue weighted by atomic mass is 9.76. The second-order valence-electron chi connectivity index (χ2n) is 7.85. The van der Waals surface area contributed by atoms with Crippen molar-refractivity contribution in [2.24, 2.45) is 23.7 Å². The molecule has 0 spiro atoms. The summed E-state index contributed by atoms with van der Waals surface area (Å²) in [6.07, 6.45) is -2.20. The molecule has 3 rings (SSSR count).